The maximum atomic E-state index is 15.1. The highest BCUT2D eigenvalue weighted by molar-refractivity contribution is 8.01. The number of hydrogen-bond donors (Lipinski definition) is 3. The number of halogens is 1. The van der Waals surface area contributed by atoms with Crippen LogP contribution < -0.4 is 15.4 Å². The maximum Gasteiger partial charge on any atom is 0.240 e. The summed E-state index contributed by atoms with van der Waals surface area (Å²) in [7, 11) is 1.60. The van der Waals surface area contributed by atoms with Crippen molar-refractivity contribution < 1.29 is 19.0 Å². The number of carbonyl (C=O) groups excluding carboxylic acids is 1. The third-order valence-electron chi connectivity index (χ3n) is 6.54. The van der Waals surface area contributed by atoms with Crippen molar-refractivity contribution in [1.82, 2.24) is 20.2 Å². The second-order valence-electron chi connectivity index (χ2n) is 8.82. The molecule has 184 valence electrons. The molecule has 1 amide bonds. The number of benzene rings is 1. The summed E-state index contributed by atoms with van der Waals surface area (Å²) in [4.78, 5) is 23.8. The Morgan fingerprint density at radius 2 is 2.20 bits per heavy atom. The van der Waals surface area contributed by atoms with E-state index in [1.54, 1.807) is 25.6 Å². The molecule has 3 aromatic rings. The molecule has 0 radical (unpaired) electrons. The number of nitrogens with zero attached hydrogens (tertiary/aromatic N) is 3. The van der Waals surface area contributed by atoms with Crippen LogP contribution >= 0.6 is 11.8 Å². The Bertz CT molecular complexity index is 1210. The van der Waals surface area contributed by atoms with Gasteiger partial charge in [-0.15, -0.1) is 11.8 Å². The van der Waals surface area contributed by atoms with E-state index in [0.717, 1.165) is 21.4 Å². The molecule has 3 N–H and O–H groups in total. The van der Waals surface area contributed by atoms with E-state index in [9.17, 15) is 9.90 Å². The van der Waals surface area contributed by atoms with Crippen LogP contribution in [-0.4, -0.2) is 76.6 Å². The Morgan fingerprint density at radius 1 is 1.31 bits per heavy atom. The minimum absolute atomic E-state index is 0.120. The monoisotopic (exact) mass is 497 g/mol. The lowest BCUT2D eigenvalue weighted by atomic mass is 10.00. The minimum atomic E-state index is -1.10. The Kier molecular flexibility index (Phi) is 7.14. The molecular formula is C25H28FN5O3S. The zero-order chi connectivity index (χ0) is 24.4. The number of β-amino-alcohol motifs (C(OH)–C–C–N with tert-alkyl or cyclic N) is 1. The van der Waals surface area contributed by atoms with Crippen LogP contribution in [0.5, 0.6) is 5.75 Å². The van der Waals surface area contributed by atoms with Gasteiger partial charge in [-0.25, -0.2) is 9.37 Å². The number of piperidine rings is 1. The van der Waals surface area contributed by atoms with Crippen LogP contribution in [0, 0.1) is 0 Å². The van der Waals surface area contributed by atoms with Crippen LogP contribution in [0.4, 0.5) is 10.2 Å². The number of likely N-dealkylation sites (tertiary alicyclic amines) is 1. The number of ether oxygens (including phenoxy) is 1. The number of hydrogen-bond acceptors (Lipinski definition) is 8. The summed E-state index contributed by atoms with van der Waals surface area (Å²) in [6.07, 6.45) is 2.03. The molecule has 4 atom stereocenters. The third kappa shape index (κ3) is 5.25. The van der Waals surface area contributed by atoms with Crippen molar-refractivity contribution in [2.24, 2.45) is 0 Å². The first-order valence-electron chi connectivity index (χ1n) is 11.6. The lowest BCUT2D eigenvalue weighted by Gasteiger charge is -2.37. The molecule has 2 aliphatic rings. The number of amides is 1. The summed E-state index contributed by atoms with van der Waals surface area (Å²) in [6.45, 7) is 1.58. The lowest BCUT2D eigenvalue weighted by Crippen LogP contribution is -2.53. The first-order chi connectivity index (χ1) is 17.0. The standard InChI is InChI=1S/C25H28FN5O3S/c1-34-15-4-5-19-17(11-15)16(6-9-27-19)21(32)14-31-10-7-20(18(26)13-31)29-12-23-25(33)30-24-22(35-23)3-2-8-28-24/h2-6,8-9,11,18,20-21,23,29,32H,7,10,12-14H2,1H3,(H,28,30,33)/t18-,20+,21+,23?/m0/s1. The molecule has 1 saturated heterocycles. The molecule has 10 heteroatoms. The molecule has 0 saturated carbocycles. The SMILES string of the molecule is COc1ccc2nccc([C@H](O)CN3CC[C@@H](NCC4Sc5cccnc5NC4=O)[C@@H](F)C3)c2c1. The number of alkyl halides is 1. The fourth-order valence-corrected chi connectivity index (χ4v) is 5.67. The Hall–Kier alpha value is -2.79. The van der Waals surface area contributed by atoms with Crippen molar-refractivity contribution in [1.29, 1.82) is 0 Å². The number of aliphatic hydroxyl groups is 1. The number of carbonyl (C=O) groups is 1. The molecule has 0 spiro atoms. The topological polar surface area (TPSA) is 99.6 Å². The van der Waals surface area contributed by atoms with E-state index in [1.165, 1.54) is 11.8 Å². The molecule has 2 aromatic heterocycles. The number of thioether (sulfide) groups is 1. The van der Waals surface area contributed by atoms with Gasteiger partial charge in [0.05, 0.1) is 23.6 Å². The van der Waals surface area contributed by atoms with Crippen molar-refractivity contribution in [2.75, 3.05) is 38.6 Å². The minimum Gasteiger partial charge on any atom is -0.497 e. The van der Waals surface area contributed by atoms with Gasteiger partial charge in [0.2, 0.25) is 5.91 Å². The quantitative estimate of drug-likeness (QED) is 0.458. The molecule has 0 aliphatic carbocycles. The smallest absolute Gasteiger partial charge is 0.240 e. The van der Waals surface area contributed by atoms with E-state index in [0.29, 0.717) is 37.6 Å². The molecule has 5 rings (SSSR count). The first-order valence-corrected chi connectivity index (χ1v) is 12.5. The van der Waals surface area contributed by atoms with Gasteiger partial charge in [0.25, 0.3) is 0 Å². The van der Waals surface area contributed by atoms with E-state index in [4.69, 9.17) is 4.74 Å². The molecule has 1 unspecified atom stereocenters. The van der Waals surface area contributed by atoms with Gasteiger partial charge in [0, 0.05) is 43.5 Å². The predicted octanol–water partition coefficient (Wildman–Crippen LogP) is 2.79. The average molecular weight is 498 g/mol. The van der Waals surface area contributed by atoms with Gasteiger partial charge in [0.15, 0.2) is 0 Å². The summed E-state index contributed by atoms with van der Waals surface area (Å²) in [5.74, 6) is 1.15. The van der Waals surface area contributed by atoms with Crippen LogP contribution in [0.15, 0.2) is 53.7 Å². The predicted molar refractivity (Wildman–Crippen MR) is 134 cm³/mol. The molecule has 4 heterocycles. The summed E-state index contributed by atoms with van der Waals surface area (Å²) in [5, 5.41) is 17.5. The van der Waals surface area contributed by atoms with E-state index >= 15 is 4.39 Å². The second-order valence-corrected chi connectivity index (χ2v) is 10.1. The number of methoxy groups -OCH3 is 1. The molecule has 1 aromatic carbocycles. The fourth-order valence-electron chi connectivity index (χ4n) is 4.65. The van der Waals surface area contributed by atoms with Gasteiger partial charge < -0.3 is 20.5 Å². The van der Waals surface area contributed by atoms with Crippen molar-refractivity contribution in [3.8, 4) is 5.75 Å². The molecule has 0 bridgehead atoms. The number of anilines is 1. The van der Waals surface area contributed by atoms with E-state index in [-0.39, 0.29) is 23.7 Å². The lowest BCUT2D eigenvalue weighted by molar-refractivity contribution is -0.115. The highest BCUT2D eigenvalue weighted by Crippen LogP contribution is 2.34. The first kappa shape index (κ1) is 23.9. The fraction of sp³-hybridized carbons (Fsp3) is 0.400. The number of rotatable bonds is 7. The van der Waals surface area contributed by atoms with Gasteiger partial charge in [-0.1, -0.05) is 0 Å². The third-order valence-corrected chi connectivity index (χ3v) is 7.79. The zero-order valence-corrected chi connectivity index (χ0v) is 20.2. The van der Waals surface area contributed by atoms with Crippen molar-refractivity contribution in [3.63, 3.8) is 0 Å². The largest absolute Gasteiger partial charge is 0.497 e. The number of aromatic nitrogens is 2. The van der Waals surface area contributed by atoms with Crippen LogP contribution in [0.3, 0.4) is 0 Å². The van der Waals surface area contributed by atoms with Gasteiger partial charge in [-0.3, -0.25) is 14.7 Å². The normalized spacial score (nSPS) is 23.5. The number of fused-ring (bicyclic) bond motifs is 2. The summed E-state index contributed by atoms with van der Waals surface area (Å²) in [6, 6.07) is 10.8. The van der Waals surface area contributed by atoms with Crippen LogP contribution in [0.1, 0.15) is 18.1 Å². The number of pyridine rings is 2. The molecule has 1 fully saturated rings. The van der Waals surface area contributed by atoms with Crippen molar-refractivity contribution >= 4 is 34.4 Å². The Balaban J connectivity index is 1.16. The Labute approximate surface area is 207 Å². The number of nitrogens with one attached hydrogen (secondary N) is 2. The van der Waals surface area contributed by atoms with Gasteiger partial charge in [0.1, 0.15) is 23.0 Å². The summed E-state index contributed by atoms with van der Waals surface area (Å²) < 4.78 is 20.4. The van der Waals surface area contributed by atoms with Crippen LogP contribution in [0.2, 0.25) is 0 Å². The van der Waals surface area contributed by atoms with E-state index < -0.39 is 12.3 Å². The van der Waals surface area contributed by atoms with Crippen molar-refractivity contribution in [2.45, 2.75) is 34.9 Å². The van der Waals surface area contributed by atoms with Gasteiger partial charge in [-0.05, 0) is 54.9 Å². The van der Waals surface area contributed by atoms with Gasteiger partial charge >= 0.3 is 0 Å². The van der Waals surface area contributed by atoms with Crippen molar-refractivity contribution in [3.05, 3.63) is 54.4 Å². The number of aliphatic hydroxyl groups excluding tert-OH is 1. The molecule has 35 heavy (non-hydrogen) atoms. The highest BCUT2D eigenvalue weighted by Gasteiger charge is 2.33. The summed E-state index contributed by atoms with van der Waals surface area (Å²) >= 11 is 1.45. The van der Waals surface area contributed by atoms with E-state index in [1.807, 2.05) is 35.2 Å². The highest BCUT2D eigenvalue weighted by atomic mass is 32.2. The van der Waals surface area contributed by atoms with E-state index in [2.05, 4.69) is 20.6 Å². The average Bonchev–Trinajstić information content (AvgIpc) is 2.87. The van der Waals surface area contributed by atoms with Gasteiger partial charge in [-0.2, -0.15) is 0 Å². The Morgan fingerprint density at radius 3 is 3.03 bits per heavy atom. The zero-order valence-electron chi connectivity index (χ0n) is 19.4. The second kappa shape index (κ2) is 10.4. The molecule has 8 nitrogen and oxygen atoms in total. The van der Waals surface area contributed by atoms with Crippen LogP contribution in [-0.2, 0) is 4.79 Å². The maximum absolute atomic E-state index is 15.1. The van der Waals surface area contributed by atoms with Crippen LogP contribution in [0.25, 0.3) is 10.9 Å². The molecular weight excluding hydrogens is 469 g/mol. The summed E-state index contributed by atoms with van der Waals surface area (Å²) in [5.41, 5.74) is 1.52. The molecule has 2 aliphatic heterocycles.